The van der Waals surface area contributed by atoms with Crippen molar-refractivity contribution in [1.82, 2.24) is 4.31 Å². The third-order valence-electron chi connectivity index (χ3n) is 1.32. The Balaban J connectivity index is 3.91. The van der Waals surface area contributed by atoms with Crippen molar-refractivity contribution >= 4 is 33.8 Å². The zero-order chi connectivity index (χ0) is 11.7. The van der Waals surface area contributed by atoms with Crippen LogP contribution in [0.1, 0.15) is 13.8 Å². The van der Waals surface area contributed by atoms with Gasteiger partial charge in [0.2, 0.25) is 0 Å². The van der Waals surface area contributed by atoms with E-state index in [1.165, 1.54) is 4.31 Å². The normalized spacial score (nSPS) is 10.1. The van der Waals surface area contributed by atoms with Gasteiger partial charge in [-0.3, -0.25) is 9.59 Å². The van der Waals surface area contributed by atoms with Crippen LogP contribution >= 0.6 is 21.8 Å². The Morgan fingerprint density at radius 3 is 1.80 bits per heavy atom. The standard InChI is InChI=1S/C8H14ClNO4S/c1-3-13-7(11)5-10(15-9)6-8(12)14-4-2/h3-6H2,1-2H3. The van der Waals surface area contributed by atoms with Crippen molar-refractivity contribution in [2.45, 2.75) is 13.8 Å². The molecular formula is C8H14ClNO4S. The molecule has 0 aliphatic carbocycles. The molecule has 0 amide bonds. The molecule has 0 rings (SSSR count). The summed E-state index contributed by atoms with van der Waals surface area (Å²) in [6.07, 6.45) is 0. The largest absolute Gasteiger partial charge is 0.465 e. The molecule has 0 aliphatic heterocycles. The van der Waals surface area contributed by atoms with E-state index in [-0.39, 0.29) is 13.1 Å². The van der Waals surface area contributed by atoms with Gasteiger partial charge >= 0.3 is 11.9 Å². The molecule has 0 saturated heterocycles. The lowest BCUT2D eigenvalue weighted by molar-refractivity contribution is -0.145. The second-order valence-electron chi connectivity index (χ2n) is 2.48. The fraction of sp³-hybridized carbons (Fsp3) is 0.750. The van der Waals surface area contributed by atoms with Crippen LogP contribution in [0.25, 0.3) is 0 Å². The quantitative estimate of drug-likeness (QED) is 0.504. The molecule has 0 aromatic carbocycles. The van der Waals surface area contributed by atoms with E-state index in [0.29, 0.717) is 13.2 Å². The number of rotatable bonds is 7. The third kappa shape index (κ3) is 7.47. The van der Waals surface area contributed by atoms with Gasteiger partial charge in [0.25, 0.3) is 0 Å². The summed E-state index contributed by atoms with van der Waals surface area (Å²) in [5.41, 5.74) is 0. The maximum atomic E-state index is 11.1. The maximum Gasteiger partial charge on any atom is 0.321 e. The Morgan fingerprint density at radius 1 is 1.13 bits per heavy atom. The summed E-state index contributed by atoms with van der Waals surface area (Å²) in [6.45, 7) is 3.95. The Hall–Kier alpha value is -0.460. The number of halogens is 1. The third-order valence-corrected chi connectivity index (χ3v) is 2.36. The van der Waals surface area contributed by atoms with Crippen LogP contribution in [-0.2, 0) is 19.1 Å². The van der Waals surface area contributed by atoms with E-state index in [9.17, 15) is 9.59 Å². The van der Waals surface area contributed by atoms with Crippen LogP contribution in [0.3, 0.4) is 0 Å². The van der Waals surface area contributed by atoms with Crippen LogP contribution in [0, 0.1) is 0 Å². The number of carbonyl (C=O) groups excluding carboxylic acids is 2. The van der Waals surface area contributed by atoms with Gasteiger partial charge in [0.1, 0.15) is 13.1 Å². The molecule has 0 spiro atoms. The van der Waals surface area contributed by atoms with Gasteiger partial charge < -0.3 is 9.47 Å². The Bertz CT molecular complexity index is 195. The molecule has 0 saturated carbocycles. The van der Waals surface area contributed by atoms with E-state index < -0.39 is 11.9 Å². The molecule has 0 fully saturated rings. The van der Waals surface area contributed by atoms with Gasteiger partial charge in [0.15, 0.2) is 0 Å². The monoisotopic (exact) mass is 255 g/mol. The average molecular weight is 256 g/mol. The molecule has 7 heteroatoms. The van der Waals surface area contributed by atoms with E-state index >= 15 is 0 Å². The van der Waals surface area contributed by atoms with Gasteiger partial charge in [-0.2, -0.15) is 0 Å². The lowest BCUT2D eigenvalue weighted by Crippen LogP contribution is -2.30. The van der Waals surface area contributed by atoms with E-state index in [4.69, 9.17) is 20.2 Å². The predicted octanol–water partition coefficient (Wildman–Crippen LogP) is 1.22. The fourth-order valence-electron chi connectivity index (χ4n) is 0.806. The molecule has 0 aromatic rings. The molecule has 0 aliphatic rings. The molecule has 5 nitrogen and oxygen atoms in total. The number of hydrogen-bond donors (Lipinski definition) is 0. The minimum Gasteiger partial charge on any atom is -0.465 e. The summed E-state index contributed by atoms with van der Waals surface area (Å²) >= 11 is 0.782. The summed E-state index contributed by atoms with van der Waals surface area (Å²) in [4.78, 5) is 22.1. The highest BCUT2D eigenvalue weighted by molar-refractivity contribution is 8.19. The Kier molecular flexibility index (Phi) is 8.55. The number of carbonyl (C=O) groups is 2. The molecule has 0 N–H and O–H groups in total. The molecule has 0 unspecified atom stereocenters. The highest BCUT2D eigenvalue weighted by atomic mass is 35.7. The van der Waals surface area contributed by atoms with Gasteiger partial charge in [-0.1, -0.05) is 0 Å². The summed E-state index contributed by atoms with van der Waals surface area (Å²) in [7, 11) is 5.48. The minimum absolute atomic E-state index is 0.0409. The van der Waals surface area contributed by atoms with Crippen molar-refractivity contribution in [3.63, 3.8) is 0 Å². The highest BCUT2D eigenvalue weighted by Gasteiger charge is 2.15. The zero-order valence-corrected chi connectivity index (χ0v) is 10.3. The van der Waals surface area contributed by atoms with Gasteiger partial charge in [-0.05, 0) is 24.5 Å². The van der Waals surface area contributed by atoms with Crippen LogP contribution in [0.4, 0.5) is 0 Å². The molecule has 0 radical (unpaired) electrons. The molecule has 0 heterocycles. The summed E-state index contributed by atoms with van der Waals surface area (Å²) < 4.78 is 10.8. The van der Waals surface area contributed by atoms with Crippen LogP contribution in [-0.4, -0.2) is 42.5 Å². The second-order valence-corrected chi connectivity index (χ2v) is 3.55. The van der Waals surface area contributed by atoms with Crippen LogP contribution in [0.5, 0.6) is 0 Å². The first-order valence-electron chi connectivity index (χ1n) is 4.48. The van der Waals surface area contributed by atoms with Crippen molar-refractivity contribution in [1.29, 1.82) is 0 Å². The van der Waals surface area contributed by atoms with E-state index in [1.54, 1.807) is 13.8 Å². The van der Waals surface area contributed by atoms with Crippen LogP contribution < -0.4 is 0 Å². The lowest BCUT2D eigenvalue weighted by atomic mass is 10.5. The molecule has 0 aromatic heterocycles. The SMILES string of the molecule is CCOC(=O)CN(CC(=O)OCC)SCl. The Labute approximate surface area is 97.7 Å². The maximum absolute atomic E-state index is 11.1. The van der Waals surface area contributed by atoms with Crippen molar-refractivity contribution in [2.75, 3.05) is 26.3 Å². The number of hydrogen-bond acceptors (Lipinski definition) is 6. The van der Waals surface area contributed by atoms with Gasteiger partial charge in [-0.15, -0.1) is 0 Å². The Morgan fingerprint density at radius 2 is 1.53 bits per heavy atom. The minimum atomic E-state index is -0.421. The topological polar surface area (TPSA) is 55.8 Å². The number of nitrogens with zero attached hydrogens (tertiary/aromatic N) is 1. The van der Waals surface area contributed by atoms with Crippen LogP contribution in [0.2, 0.25) is 0 Å². The summed E-state index contributed by atoms with van der Waals surface area (Å²) in [6, 6.07) is 0. The number of esters is 2. The van der Waals surface area contributed by atoms with E-state index in [0.717, 1.165) is 11.2 Å². The van der Waals surface area contributed by atoms with E-state index in [1.807, 2.05) is 0 Å². The first-order valence-corrected chi connectivity index (χ1v) is 6.08. The smallest absolute Gasteiger partial charge is 0.321 e. The molecule has 0 atom stereocenters. The molecular weight excluding hydrogens is 242 g/mol. The zero-order valence-electron chi connectivity index (χ0n) is 8.69. The number of ether oxygens (including phenoxy) is 2. The second kappa shape index (κ2) is 8.82. The molecule has 15 heavy (non-hydrogen) atoms. The van der Waals surface area contributed by atoms with Crippen molar-refractivity contribution in [3.05, 3.63) is 0 Å². The first-order chi connectivity index (χ1) is 7.13. The van der Waals surface area contributed by atoms with Gasteiger partial charge in [0.05, 0.1) is 13.2 Å². The van der Waals surface area contributed by atoms with E-state index in [2.05, 4.69) is 0 Å². The average Bonchev–Trinajstić information content (AvgIpc) is 2.17. The summed E-state index contributed by atoms with van der Waals surface area (Å²) in [5.74, 6) is -0.843. The summed E-state index contributed by atoms with van der Waals surface area (Å²) in [5, 5.41) is 0. The van der Waals surface area contributed by atoms with Crippen LogP contribution in [0.15, 0.2) is 0 Å². The predicted molar refractivity (Wildman–Crippen MR) is 58.3 cm³/mol. The molecule has 88 valence electrons. The van der Waals surface area contributed by atoms with Crippen molar-refractivity contribution in [2.24, 2.45) is 0 Å². The fourth-order valence-corrected chi connectivity index (χ4v) is 1.41. The van der Waals surface area contributed by atoms with Crippen molar-refractivity contribution in [3.8, 4) is 0 Å². The van der Waals surface area contributed by atoms with Crippen molar-refractivity contribution < 1.29 is 19.1 Å². The first kappa shape index (κ1) is 14.5. The highest BCUT2D eigenvalue weighted by Crippen LogP contribution is 2.13. The van der Waals surface area contributed by atoms with Gasteiger partial charge in [-0.25, -0.2) is 4.31 Å². The molecule has 0 bridgehead atoms. The van der Waals surface area contributed by atoms with Gasteiger partial charge in [0, 0.05) is 11.2 Å². The lowest BCUT2D eigenvalue weighted by Gasteiger charge is -2.14.